The quantitative estimate of drug-likeness (QED) is 0.555. The van der Waals surface area contributed by atoms with Crippen LogP contribution in [0.2, 0.25) is 0 Å². The second-order valence-electron chi connectivity index (χ2n) is 5.55. The summed E-state index contributed by atoms with van der Waals surface area (Å²) in [6.45, 7) is 4.48. The van der Waals surface area contributed by atoms with E-state index in [-0.39, 0.29) is 17.0 Å². The minimum Gasteiger partial charge on any atom is -0.291 e. The summed E-state index contributed by atoms with van der Waals surface area (Å²) >= 11 is 0. The molecular weight excluding hydrogens is 176 g/mol. The third-order valence-electron chi connectivity index (χ3n) is 3.75. The van der Waals surface area contributed by atoms with E-state index >= 15 is 0 Å². The molecule has 0 saturated heterocycles. The van der Waals surface area contributed by atoms with Gasteiger partial charge in [-0.05, 0) is 36.5 Å². The van der Waals surface area contributed by atoms with Crippen LogP contribution in [0, 0.1) is 17.3 Å². The Balaban J connectivity index is 2.16. The normalized spacial score (nSPS) is 36.7. The zero-order valence-electron chi connectivity index (χ0n) is 9.01. The van der Waals surface area contributed by atoms with Crippen LogP contribution in [0.5, 0.6) is 0 Å². The van der Waals surface area contributed by atoms with Crippen LogP contribution in [0.1, 0.15) is 46.0 Å². The molecule has 2 nitrogen and oxygen atoms in total. The van der Waals surface area contributed by atoms with E-state index in [2.05, 4.69) is 13.8 Å². The number of rotatable bonds is 0. The van der Waals surface area contributed by atoms with E-state index < -0.39 is 0 Å². The highest BCUT2D eigenvalue weighted by Gasteiger charge is 2.47. The Labute approximate surface area is 85.1 Å². The number of carbonyl (C=O) groups is 2. The van der Waals surface area contributed by atoms with Gasteiger partial charge in [-0.3, -0.25) is 9.59 Å². The molecule has 0 N–H and O–H groups in total. The largest absolute Gasteiger partial charge is 0.291 e. The van der Waals surface area contributed by atoms with Gasteiger partial charge in [0.05, 0.1) is 0 Å². The van der Waals surface area contributed by atoms with E-state index in [0.29, 0.717) is 24.7 Å². The zero-order valence-corrected chi connectivity index (χ0v) is 9.01. The molecule has 0 bridgehead atoms. The van der Waals surface area contributed by atoms with Crippen LogP contribution in [0.15, 0.2) is 0 Å². The van der Waals surface area contributed by atoms with Gasteiger partial charge in [0, 0.05) is 12.8 Å². The second kappa shape index (κ2) is 3.18. The van der Waals surface area contributed by atoms with Crippen molar-refractivity contribution in [3.8, 4) is 0 Å². The van der Waals surface area contributed by atoms with Gasteiger partial charge in [-0.1, -0.05) is 13.8 Å². The topological polar surface area (TPSA) is 34.1 Å². The van der Waals surface area contributed by atoms with Gasteiger partial charge >= 0.3 is 0 Å². The molecule has 2 heteroatoms. The van der Waals surface area contributed by atoms with Crippen molar-refractivity contribution in [2.24, 2.45) is 17.3 Å². The molecule has 0 aromatic carbocycles. The van der Waals surface area contributed by atoms with Crippen molar-refractivity contribution < 1.29 is 9.59 Å². The highest BCUT2D eigenvalue weighted by atomic mass is 16.2. The first-order chi connectivity index (χ1) is 6.51. The molecule has 2 rings (SSSR count). The lowest BCUT2D eigenvalue weighted by Gasteiger charge is -2.39. The van der Waals surface area contributed by atoms with Crippen LogP contribution in [-0.2, 0) is 9.59 Å². The highest BCUT2D eigenvalue weighted by Crippen LogP contribution is 2.50. The molecule has 0 radical (unpaired) electrons. The number of carbonyl (C=O) groups excluding carboxylic acids is 2. The smallest absolute Gasteiger partial charge is 0.198 e. The highest BCUT2D eigenvalue weighted by molar-refractivity contribution is 6.39. The Kier molecular flexibility index (Phi) is 2.24. The fraction of sp³-hybridized carbons (Fsp3) is 0.833. The zero-order chi connectivity index (χ0) is 10.3. The lowest BCUT2D eigenvalue weighted by atomic mass is 9.65. The summed E-state index contributed by atoms with van der Waals surface area (Å²) in [6.07, 6.45) is 4.47. The molecule has 2 saturated carbocycles. The van der Waals surface area contributed by atoms with E-state index in [1.54, 1.807) is 0 Å². The Morgan fingerprint density at radius 1 is 1.00 bits per heavy atom. The SMILES string of the molecule is C[C@@H]1C[C@H](C)CC2(CC(=O)C(=O)C2)C1. The van der Waals surface area contributed by atoms with E-state index in [0.717, 1.165) is 12.8 Å². The molecule has 2 aliphatic rings. The van der Waals surface area contributed by atoms with Crippen molar-refractivity contribution in [1.29, 1.82) is 0 Å². The lowest BCUT2D eigenvalue weighted by molar-refractivity contribution is -0.134. The average molecular weight is 194 g/mol. The number of Topliss-reactive ketones (excluding diaryl/α,β-unsaturated/α-hetero) is 2. The predicted molar refractivity (Wildman–Crippen MR) is 53.9 cm³/mol. The summed E-state index contributed by atoms with van der Waals surface area (Å²) in [5, 5.41) is 0. The molecule has 0 aliphatic heterocycles. The Morgan fingerprint density at radius 2 is 1.43 bits per heavy atom. The molecule has 2 fully saturated rings. The fourth-order valence-electron chi connectivity index (χ4n) is 3.64. The van der Waals surface area contributed by atoms with E-state index in [1.165, 1.54) is 6.42 Å². The molecule has 2 atom stereocenters. The predicted octanol–water partition coefficient (Wildman–Crippen LogP) is 2.36. The molecule has 0 heterocycles. The molecule has 0 amide bonds. The average Bonchev–Trinajstić information content (AvgIpc) is 2.23. The van der Waals surface area contributed by atoms with Gasteiger partial charge in [0.2, 0.25) is 0 Å². The second-order valence-corrected chi connectivity index (χ2v) is 5.55. The summed E-state index contributed by atoms with van der Waals surface area (Å²) in [5.74, 6) is 1.12. The van der Waals surface area contributed by atoms with Gasteiger partial charge in [0.15, 0.2) is 11.6 Å². The Hall–Kier alpha value is -0.660. The van der Waals surface area contributed by atoms with Gasteiger partial charge in [-0.2, -0.15) is 0 Å². The van der Waals surface area contributed by atoms with E-state index in [9.17, 15) is 9.59 Å². The van der Waals surface area contributed by atoms with Crippen molar-refractivity contribution in [2.75, 3.05) is 0 Å². The van der Waals surface area contributed by atoms with Gasteiger partial charge in [0.25, 0.3) is 0 Å². The molecule has 14 heavy (non-hydrogen) atoms. The van der Waals surface area contributed by atoms with Crippen LogP contribution < -0.4 is 0 Å². The van der Waals surface area contributed by atoms with Crippen LogP contribution in [-0.4, -0.2) is 11.6 Å². The molecule has 2 aliphatic carbocycles. The summed E-state index contributed by atoms with van der Waals surface area (Å²) in [4.78, 5) is 22.6. The standard InChI is InChI=1S/C12H18O2/c1-8-3-9(2)5-12(4-8)6-10(13)11(14)7-12/h8-9H,3-7H2,1-2H3/t8-,9+. The van der Waals surface area contributed by atoms with Crippen molar-refractivity contribution in [3.05, 3.63) is 0 Å². The Bertz CT molecular complexity index is 252. The Morgan fingerprint density at radius 3 is 1.86 bits per heavy atom. The molecule has 0 aromatic heterocycles. The maximum Gasteiger partial charge on any atom is 0.198 e. The van der Waals surface area contributed by atoms with Gasteiger partial charge in [-0.25, -0.2) is 0 Å². The summed E-state index contributed by atoms with van der Waals surface area (Å²) in [5.41, 5.74) is 0.0608. The first kappa shape index (κ1) is 9.88. The summed E-state index contributed by atoms with van der Waals surface area (Å²) < 4.78 is 0. The van der Waals surface area contributed by atoms with Crippen molar-refractivity contribution in [1.82, 2.24) is 0 Å². The number of ketones is 2. The van der Waals surface area contributed by atoms with Crippen LogP contribution in [0.3, 0.4) is 0 Å². The molecule has 1 spiro atoms. The van der Waals surface area contributed by atoms with Crippen LogP contribution in [0.25, 0.3) is 0 Å². The maximum absolute atomic E-state index is 11.3. The van der Waals surface area contributed by atoms with Crippen molar-refractivity contribution in [3.63, 3.8) is 0 Å². The first-order valence-electron chi connectivity index (χ1n) is 5.57. The van der Waals surface area contributed by atoms with Crippen molar-refractivity contribution >= 4 is 11.6 Å². The third-order valence-corrected chi connectivity index (χ3v) is 3.75. The fourth-order valence-corrected chi connectivity index (χ4v) is 3.64. The van der Waals surface area contributed by atoms with Crippen LogP contribution >= 0.6 is 0 Å². The minimum atomic E-state index is -0.119. The molecule has 0 unspecified atom stereocenters. The lowest BCUT2D eigenvalue weighted by Crippen LogP contribution is -2.29. The number of hydrogen-bond acceptors (Lipinski definition) is 2. The van der Waals surface area contributed by atoms with E-state index in [1.807, 2.05) is 0 Å². The summed E-state index contributed by atoms with van der Waals surface area (Å²) in [6, 6.07) is 0. The number of hydrogen-bond donors (Lipinski definition) is 0. The van der Waals surface area contributed by atoms with Crippen LogP contribution in [0.4, 0.5) is 0 Å². The van der Waals surface area contributed by atoms with Crippen molar-refractivity contribution in [2.45, 2.75) is 46.0 Å². The van der Waals surface area contributed by atoms with Gasteiger partial charge in [-0.15, -0.1) is 0 Å². The third kappa shape index (κ3) is 1.62. The molecular formula is C12H18O2. The molecule has 0 aromatic rings. The maximum atomic E-state index is 11.3. The van der Waals surface area contributed by atoms with E-state index in [4.69, 9.17) is 0 Å². The monoisotopic (exact) mass is 194 g/mol. The minimum absolute atomic E-state index is 0.0608. The molecule has 78 valence electrons. The first-order valence-corrected chi connectivity index (χ1v) is 5.57. The van der Waals surface area contributed by atoms with Gasteiger partial charge < -0.3 is 0 Å². The summed E-state index contributed by atoms with van der Waals surface area (Å²) in [7, 11) is 0. The van der Waals surface area contributed by atoms with Gasteiger partial charge in [0.1, 0.15) is 0 Å².